The van der Waals surface area contributed by atoms with E-state index in [9.17, 15) is 14.4 Å². The molecule has 0 aliphatic rings. The number of aliphatic imine (C=N–C) groups is 1. The molecule has 0 spiro atoms. The van der Waals surface area contributed by atoms with Crippen LogP contribution in [0.25, 0.3) is 0 Å². The highest BCUT2D eigenvalue weighted by Crippen LogP contribution is 2.30. The average molecular weight is 567 g/mol. The Bertz CT molecular complexity index is 1080. The van der Waals surface area contributed by atoms with Crippen LogP contribution in [0, 0.1) is 5.92 Å². The van der Waals surface area contributed by atoms with E-state index in [0.717, 1.165) is 0 Å². The van der Waals surface area contributed by atoms with E-state index in [1.54, 1.807) is 39.0 Å². The zero-order chi connectivity index (χ0) is 29.7. The van der Waals surface area contributed by atoms with E-state index in [-0.39, 0.29) is 29.7 Å². The minimum atomic E-state index is -1.08. The molecule has 1 aromatic carbocycles. The number of rotatable bonds is 15. The minimum absolute atomic E-state index is 0.126. The van der Waals surface area contributed by atoms with Gasteiger partial charge in [0.15, 0.2) is 11.5 Å². The molecule has 0 bridgehead atoms. The number of esters is 2. The molecule has 1 rings (SSSR count). The van der Waals surface area contributed by atoms with Gasteiger partial charge in [-0.2, -0.15) is 0 Å². The third-order valence-electron chi connectivity index (χ3n) is 5.26. The maximum Gasteiger partial charge on any atom is 0.328 e. The lowest BCUT2D eigenvalue weighted by Gasteiger charge is -2.28. The number of carbonyl (C=O) groups is 3. The Labute approximate surface area is 235 Å². The fourth-order valence-electron chi connectivity index (χ4n) is 3.41. The molecule has 0 saturated heterocycles. The molecule has 0 radical (unpaired) electrons. The van der Waals surface area contributed by atoms with Crippen LogP contribution in [0.1, 0.15) is 54.9 Å². The Balaban J connectivity index is 3.08. The molecule has 0 saturated carbocycles. The topological polar surface area (TPSA) is 122 Å². The van der Waals surface area contributed by atoms with Crippen molar-refractivity contribution in [2.75, 3.05) is 13.7 Å². The van der Waals surface area contributed by atoms with Gasteiger partial charge in [-0.1, -0.05) is 25.4 Å². The molecule has 0 aliphatic heterocycles. The van der Waals surface area contributed by atoms with Crippen molar-refractivity contribution in [2.45, 2.75) is 73.1 Å². The molecule has 10 nitrogen and oxygen atoms in total. The molecule has 1 N–H and O–H groups in total. The van der Waals surface area contributed by atoms with Crippen LogP contribution in [-0.4, -0.2) is 56.5 Å². The van der Waals surface area contributed by atoms with Crippen molar-refractivity contribution in [1.29, 1.82) is 0 Å². The maximum absolute atomic E-state index is 13.0. The van der Waals surface area contributed by atoms with E-state index < -0.39 is 36.1 Å². The number of hydrogen-bond acceptors (Lipinski definition) is 9. The first-order valence-electron chi connectivity index (χ1n) is 12.6. The van der Waals surface area contributed by atoms with Crippen molar-refractivity contribution in [3.63, 3.8) is 0 Å². The van der Waals surface area contributed by atoms with Gasteiger partial charge < -0.3 is 29.0 Å². The summed E-state index contributed by atoms with van der Waals surface area (Å²) in [7, 11) is 1.50. The second kappa shape index (κ2) is 16.4. The minimum Gasteiger partial charge on any atom is -0.495 e. The van der Waals surface area contributed by atoms with Crippen LogP contribution in [0.2, 0.25) is 5.02 Å². The molecule has 39 heavy (non-hydrogen) atoms. The van der Waals surface area contributed by atoms with E-state index in [1.165, 1.54) is 27.0 Å². The first-order chi connectivity index (χ1) is 18.4. The summed E-state index contributed by atoms with van der Waals surface area (Å²) in [6.07, 6.45) is 0.942. The Morgan fingerprint density at radius 1 is 1.18 bits per heavy atom. The molecule has 3 atom stereocenters. The molecular weight excluding hydrogens is 528 g/mol. The summed E-state index contributed by atoms with van der Waals surface area (Å²) >= 11 is 6.11. The van der Waals surface area contributed by atoms with Crippen LogP contribution < -0.4 is 14.8 Å². The normalized spacial score (nSPS) is 14.4. The van der Waals surface area contributed by atoms with Crippen LogP contribution in [-0.2, 0) is 28.6 Å². The van der Waals surface area contributed by atoms with E-state index in [1.807, 2.05) is 13.8 Å². The highest BCUT2D eigenvalue weighted by atomic mass is 35.5. The van der Waals surface area contributed by atoms with Crippen LogP contribution in [0.3, 0.4) is 0 Å². The fraction of sp³-hybridized carbons (Fsp3) is 0.500. The number of nitrogens with zero attached hydrogens (tertiary/aromatic N) is 1. The summed E-state index contributed by atoms with van der Waals surface area (Å²) in [5.41, 5.74) is -0.322. The molecule has 1 amide bonds. The highest BCUT2D eigenvalue weighted by molar-refractivity contribution is 6.32. The number of carbonyl (C=O) groups excluding carboxylic acids is 3. The molecule has 0 unspecified atom stereocenters. The van der Waals surface area contributed by atoms with Crippen LogP contribution >= 0.6 is 11.6 Å². The van der Waals surface area contributed by atoms with Gasteiger partial charge in [0.1, 0.15) is 29.7 Å². The lowest BCUT2D eigenvalue weighted by atomic mass is 10.0. The van der Waals surface area contributed by atoms with Gasteiger partial charge in [-0.3, -0.25) is 14.6 Å². The number of halogens is 1. The molecular formula is C28H39ClN2O8. The van der Waals surface area contributed by atoms with Gasteiger partial charge in [-0.05, 0) is 65.0 Å². The van der Waals surface area contributed by atoms with Crippen molar-refractivity contribution in [3.05, 3.63) is 46.5 Å². The lowest BCUT2D eigenvalue weighted by molar-refractivity contribution is -0.156. The third kappa shape index (κ3) is 10.6. The molecule has 0 fully saturated rings. The second-order valence-corrected chi connectivity index (χ2v) is 9.34. The Hall–Kier alpha value is -3.53. The molecule has 216 valence electrons. The van der Waals surface area contributed by atoms with E-state index in [0.29, 0.717) is 22.9 Å². The summed E-state index contributed by atoms with van der Waals surface area (Å²) in [4.78, 5) is 41.3. The van der Waals surface area contributed by atoms with Crippen LogP contribution in [0.5, 0.6) is 11.5 Å². The predicted octanol–water partition coefficient (Wildman–Crippen LogP) is 4.99. The first kappa shape index (κ1) is 33.5. The number of hydrogen-bond donors (Lipinski definition) is 1. The number of nitrogens with one attached hydrogen (secondary N) is 1. The number of methoxy groups -OCH3 is 1. The Kier molecular flexibility index (Phi) is 14.1. The van der Waals surface area contributed by atoms with Crippen molar-refractivity contribution >= 4 is 36.2 Å². The molecule has 0 heterocycles. The van der Waals surface area contributed by atoms with E-state index >= 15 is 0 Å². The standard InChI is InChI=1S/C28H39ClN2O8/c1-10-22(36-11-2)26(38-19(7)32)25(30-8)27(33)31-17(5)28(34)37-18(6)23(14-16(3)4)39-20-12-13-21(29)24(15-20)35-9/h10,12-13,15-18,23H,8,11,14H2,1-7,9H3,(H,31,33)/b22-10+,26-25+/t17-,18-,23+/m0/s1. The van der Waals surface area contributed by atoms with Gasteiger partial charge in [0.25, 0.3) is 5.91 Å². The monoisotopic (exact) mass is 566 g/mol. The molecule has 0 aliphatic carbocycles. The lowest BCUT2D eigenvalue weighted by Crippen LogP contribution is -2.44. The summed E-state index contributed by atoms with van der Waals surface area (Å²) < 4.78 is 27.7. The summed E-state index contributed by atoms with van der Waals surface area (Å²) in [6, 6.07) is 3.94. The zero-order valence-electron chi connectivity index (χ0n) is 23.8. The molecule has 11 heteroatoms. The predicted molar refractivity (Wildman–Crippen MR) is 149 cm³/mol. The van der Waals surface area contributed by atoms with Crippen molar-refractivity contribution in [3.8, 4) is 11.5 Å². The van der Waals surface area contributed by atoms with E-state index in [4.69, 9.17) is 35.3 Å². The SMILES string of the molecule is C=N/C(C(=O)N[C@@H](C)C(=O)O[C@@H](C)[C@@H](CC(C)C)Oc1ccc(Cl)c(OC)c1)=C(OC(C)=O)\C(=C/C)OCC. The largest absolute Gasteiger partial charge is 0.495 e. The second-order valence-electron chi connectivity index (χ2n) is 8.93. The van der Waals surface area contributed by atoms with Gasteiger partial charge in [0, 0.05) is 13.0 Å². The number of benzene rings is 1. The summed E-state index contributed by atoms with van der Waals surface area (Å²) in [5, 5.41) is 2.95. The van der Waals surface area contributed by atoms with Gasteiger partial charge in [-0.15, -0.1) is 0 Å². The van der Waals surface area contributed by atoms with Gasteiger partial charge in [0.05, 0.1) is 18.7 Å². The van der Waals surface area contributed by atoms with Crippen molar-refractivity contribution in [2.24, 2.45) is 10.9 Å². The zero-order valence-corrected chi connectivity index (χ0v) is 24.6. The summed E-state index contributed by atoms with van der Waals surface area (Å²) in [5.74, 6) is -1.08. The Morgan fingerprint density at radius 3 is 2.36 bits per heavy atom. The number of amides is 1. The molecule has 1 aromatic rings. The average Bonchev–Trinajstić information content (AvgIpc) is 2.87. The van der Waals surface area contributed by atoms with Crippen LogP contribution in [0.15, 0.2) is 46.5 Å². The smallest absolute Gasteiger partial charge is 0.328 e. The number of allylic oxidation sites excluding steroid dienone is 1. The van der Waals surface area contributed by atoms with Crippen molar-refractivity contribution < 1.29 is 38.1 Å². The van der Waals surface area contributed by atoms with Gasteiger partial charge >= 0.3 is 11.9 Å². The first-order valence-corrected chi connectivity index (χ1v) is 13.0. The van der Waals surface area contributed by atoms with Crippen LogP contribution in [0.4, 0.5) is 0 Å². The maximum atomic E-state index is 13.0. The quantitative estimate of drug-likeness (QED) is 0.104. The fourth-order valence-corrected chi connectivity index (χ4v) is 3.61. The number of ether oxygens (including phenoxy) is 5. The summed E-state index contributed by atoms with van der Waals surface area (Å²) in [6.45, 7) is 15.4. The highest BCUT2D eigenvalue weighted by Gasteiger charge is 2.29. The third-order valence-corrected chi connectivity index (χ3v) is 5.57. The van der Waals surface area contributed by atoms with Crippen molar-refractivity contribution in [1.82, 2.24) is 5.32 Å². The molecule has 0 aromatic heterocycles. The Morgan fingerprint density at radius 2 is 1.85 bits per heavy atom. The van der Waals surface area contributed by atoms with Gasteiger partial charge in [-0.25, -0.2) is 4.79 Å². The van der Waals surface area contributed by atoms with E-state index in [2.05, 4.69) is 17.0 Å². The van der Waals surface area contributed by atoms with Gasteiger partial charge in [0.2, 0.25) is 5.76 Å².